The number of anilines is 1. The molecule has 2 rings (SSSR count). The van der Waals surface area contributed by atoms with Gasteiger partial charge in [-0.25, -0.2) is 4.98 Å². The van der Waals surface area contributed by atoms with E-state index in [2.05, 4.69) is 45.7 Å². The van der Waals surface area contributed by atoms with Crippen LogP contribution in [0.2, 0.25) is 0 Å². The van der Waals surface area contributed by atoms with Gasteiger partial charge in [0.2, 0.25) is 0 Å². The van der Waals surface area contributed by atoms with Crippen LogP contribution in [0.25, 0.3) is 0 Å². The molecule has 0 unspecified atom stereocenters. The van der Waals surface area contributed by atoms with Crippen LogP contribution in [0, 0.1) is 12.8 Å². The molecule has 0 saturated carbocycles. The summed E-state index contributed by atoms with van der Waals surface area (Å²) in [6.45, 7) is 6.75. The zero-order valence-corrected chi connectivity index (χ0v) is 10.9. The van der Waals surface area contributed by atoms with Crippen molar-refractivity contribution in [2.75, 3.05) is 18.0 Å². The van der Waals surface area contributed by atoms with Crippen LogP contribution in [0.15, 0.2) is 16.7 Å². The molecule has 0 radical (unpaired) electrons. The third-order valence-electron chi connectivity index (χ3n) is 2.97. The first-order valence-corrected chi connectivity index (χ1v) is 6.33. The standard InChI is InChI=1S/C12H17BrN2/c1-9-4-3-5-15(8-9)12-10(2)6-11(13)7-14-12/h6-7,9H,3-5,8H2,1-2H3/t9-/m0/s1. The van der Waals surface area contributed by atoms with Gasteiger partial charge in [-0.2, -0.15) is 0 Å². The minimum atomic E-state index is 0.795. The molecule has 15 heavy (non-hydrogen) atoms. The van der Waals surface area contributed by atoms with Crippen LogP contribution >= 0.6 is 15.9 Å². The van der Waals surface area contributed by atoms with Gasteiger partial charge in [-0.3, -0.25) is 0 Å². The van der Waals surface area contributed by atoms with Gasteiger partial charge in [0.25, 0.3) is 0 Å². The van der Waals surface area contributed by atoms with Crippen LogP contribution in [-0.2, 0) is 0 Å². The number of nitrogens with zero attached hydrogens (tertiary/aromatic N) is 2. The van der Waals surface area contributed by atoms with E-state index in [0.717, 1.165) is 29.3 Å². The van der Waals surface area contributed by atoms with E-state index in [0.29, 0.717) is 0 Å². The van der Waals surface area contributed by atoms with Crippen molar-refractivity contribution in [1.29, 1.82) is 0 Å². The summed E-state index contributed by atoms with van der Waals surface area (Å²) in [5.74, 6) is 1.95. The van der Waals surface area contributed by atoms with Crippen LogP contribution in [0.3, 0.4) is 0 Å². The van der Waals surface area contributed by atoms with Gasteiger partial charge in [-0.15, -0.1) is 0 Å². The quantitative estimate of drug-likeness (QED) is 0.776. The van der Waals surface area contributed by atoms with Crippen LogP contribution in [0.4, 0.5) is 5.82 Å². The minimum absolute atomic E-state index is 0.795. The van der Waals surface area contributed by atoms with Crippen molar-refractivity contribution in [3.8, 4) is 0 Å². The summed E-state index contributed by atoms with van der Waals surface area (Å²) in [5.41, 5.74) is 1.26. The number of halogens is 1. The molecule has 2 heterocycles. The van der Waals surface area contributed by atoms with Gasteiger partial charge in [-0.1, -0.05) is 6.92 Å². The van der Waals surface area contributed by atoms with Crippen LogP contribution in [0.5, 0.6) is 0 Å². The lowest BCUT2D eigenvalue weighted by Gasteiger charge is -2.32. The number of rotatable bonds is 1. The van der Waals surface area contributed by atoms with Crippen molar-refractivity contribution in [2.24, 2.45) is 5.92 Å². The van der Waals surface area contributed by atoms with Crippen LogP contribution in [0.1, 0.15) is 25.3 Å². The molecule has 1 atom stereocenters. The second kappa shape index (κ2) is 4.52. The van der Waals surface area contributed by atoms with Gasteiger partial charge in [0.1, 0.15) is 5.82 Å². The molecule has 1 aromatic heterocycles. The highest BCUT2D eigenvalue weighted by Gasteiger charge is 2.18. The molecule has 0 bridgehead atoms. The van der Waals surface area contributed by atoms with E-state index in [9.17, 15) is 0 Å². The van der Waals surface area contributed by atoms with Crippen LogP contribution in [-0.4, -0.2) is 18.1 Å². The highest BCUT2D eigenvalue weighted by molar-refractivity contribution is 9.10. The summed E-state index contributed by atoms with van der Waals surface area (Å²) in [7, 11) is 0. The first-order chi connectivity index (χ1) is 7.16. The average molecular weight is 269 g/mol. The highest BCUT2D eigenvalue weighted by Crippen LogP contribution is 2.25. The molecular formula is C12H17BrN2. The van der Waals surface area contributed by atoms with E-state index >= 15 is 0 Å². The highest BCUT2D eigenvalue weighted by atomic mass is 79.9. The summed E-state index contributed by atoms with van der Waals surface area (Å²) in [4.78, 5) is 6.93. The molecule has 0 spiro atoms. The Hall–Kier alpha value is -0.570. The van der Waals surface area contributed by atoms with Crippen molar-refractivity contribution in [3.05, 3.63) is 22.3 Å². The maximum absolute atomic E-state index is 4.51. The van der Waals surface area contributed by atoms with Crippen LogP contribution < -0.4 is 4.90 Å². The maximum Gasteiger partial charge on any atom is 0.131 e. The van der Waals surface area contributed by atoms with Crippen molar-refractivity contribution in [3.63, 3.8) is 0 Å². The van der Waals surface area contributed by atoms with Crippen molar-refractivity contribution in [1.82, 2.24) is 4.98 Å². The lowest BCUT2D eigenvalue weighted by molar-refractivity contribution is 0.444. The monoisotopic (exact) mass is 268 g/mol. The molecule has 0 aromatic carbocycles. The topological polar surface area (TPSA) is 16.1 Å². The Morgan fingerprint density at radius 2 is 2.33 bits per heavy atom. The first kappa shape index (κ1) is 10.9. The Balaban J connectivity index is 2.21. The molecular weight excluding hydrogens is 252 g/mol. The lowest BCUT2D eigenvalue weighted by atomic mass is 10.00. The molecule has 1 saturated heterocycles. The number of pyridine rings is 1. The number of hydrogen-bond acceptors (Lipinski definition) is 2. The molecule has 0 N–H and O–H groups in total. The van der Waals surface area contributed by atoms with Gasteiger partial charge in [0.15, 0.2) is 0 Å². The van der Waals surface area contributed by atoms with E-state index in [1.807, 2.05) is 6.20 Å². The predicted molar refractivity (Wildman–Crippen MR) is 67.3 cm³/mol. The number of hydrogen-bond donors (Lipinski definition) is 0. The summed E-state index contributed by atoms with van der Waals surface area (Å²) in [6.07, 6.45) is 4.53. The number of aromatic nitrogens is 1. The average Bonchev–Trinajstić information content (AvgIpc) is 2.17. The fourth-order valence-corrected chi connectivity index (χ4v) is 2.69. The fraction of sp³-hybridized carbons (Fsp3) is 0.583. The van der Waals surface area contributed by atoms with Gasteiger partial charge >= 0.3 is 0 Å². The van der Waals surface area contributed by atoms with E-state index < -0.39 is 0 Å². The molecule has 1 aliphatic rings. The third kappa shape index (κ3) is 2.51. The van der Waals surface area contributed by atoms with Gasteiger partial charge in [0.05, 0.1) is 0 Å². The van der Waals surface area contributed by atoms with E-state index in [4.69, 9.17) is 0 Å². The molecule has 1 aliphatic heterocycles. The summed E-state index contributed by atoms with van der Waals surface area (Å²) in [6, 6.07) is 2.14. The molecule has 2 nitrogen and oxygen atoms in total. The van der Waals surface area contributed by atoms with Gasteiger partial charge in [-0.05, 0) is 53.2 Å². The van der Waals surface area contributed by atoms with E-state index in [-0.39, 0.29) is 0 Å². The molecule has 0 aliphatic carbocycles. The second-order valence-corrected chi connectivity index (χ2v) is 5.40. The molecule has 1 fully saturated rings. The molecule has 82 valence electrons. The van der Waals surface area contributed by atoms with E-state index in [1.165, 1.54) is 18.4 Å². The molecule has 3 heteroatoms. The first-order valence-electron chi connectivity index (χ1n) is 5.54. The van der Waals surface area contributed by atoms with Gasteiger partial charge in [0, 0.05) is 23.8 Å². The molecule has 0 amide bonds. The van der Waals surface area contributed by atoms with Gasteiger partial charge < -0.3 is 4.90 Å². The number of piperidine rings is 1. The summed E-state index contributed by atoms with van der Waals surface area (Å²) in [5, 5.41) is 0. The largest absolute Gasteiger partial charge is 0.356 e. The summed E-state index contributed by atoms with van der Waals surface area (Å²) >= 11 is 3.45. The fourth-order valence-electron chi connectivity index (χ4n) is 2.25. The molecule has 1 aromatic rings. The Labute approximate surface area is 99.8 Å². The Morgan fingerprint density at radius 1 is 1.53 bits per heavy atom. The zero-order valence-electron chi connectivity index (χ0n) is 9.33. The zero-order chi connectivity index (χ0) is 10.8. The summed E-state index contributed by atoms with van der Waals surface area (Å²) < 4.78 is 1.06. The smallest absolute Gasteiger partial charge is 0.131 e. The lowest BCUT2D eigenvalue weighted by Crippen LogP contribution is -2.35. The normalized spacial score (nSPS) is 21.8. The predicted octanol–water partition coefficient (Wildman–Crippen LogP) is 3.39. The van der Waals surface area contributed by atoms with E-state index in [1.54, 1.807) is 0 Å². The van der Waals surface area contributed by atoms with Crippen molar-refractivity contribution >= 4 is 21.7 Å². The maximum atomic E-state index is 4.51. The van der Waals surface area contributed by atoms with Crippen molar-refractivity contribution in [2.45, 2.75) is 26.7 Å². The Morgan fingerprint density at radius 3 is 3.00 bits per heavy atom. The third-order valence-corrected chi connectivity index (χ3v) is 3.41. The number of aryl methyl sites for hydroxylation is 1. The Kier molecular flexibility index (Phi) is 3.29. The SMILES string of the molecule is Cc1cc(Br)cnc1N1CCC[C@H](C)C1. The second-order valence-electron chi connectivity index (χ2n) is 4.49. The Bertz CT molecular complexity index is 351. The van der Waals surface area contributed by atoms with Crippen molar-refractivity contribution < 1.29 is 0 Å². The minimum Gasteiger partial charge on any atom is -0.356 e.